The van der Waals surface area contributed by atoms with Gasteiger partial charge in [0.25, 0.3) is 0 Å². The Balaban J connectivity index is 1.87. The molecule has 0 bridgehead atoms. The summed E-state index contributed by atoms with van der Waals surface area (Å²) in [5.41, 5.74) is 1.29. The molecule has 0 radical (unpaired) electrons. The average Bonchev–Trinajstić information content (AvgIpc) is 2.46. The Hall–Kier alpha value is -1.08. The minimum absolute atomic E-state index is 1.10. The molecule has 0 amide bonds. The second-order valence-corrected chi connectivity index (χ2v) is 5.12. The Labute approximate surface area is 119 Å². The summed E-state index contributed by atoms with van der Waals surface area (Å²) in [6.07, 6.45) is 13.8. The Morgan fingerprint density at radius 2 is 1.63 bits per heavy atom. The first-order valence-corrected chi connectivity index (χ1v) is 7.86. The predicted octanol–water partition coefficient (Wildman–Crippen LogP) is 5.04. The molecule has 0 atom stereocenters. The van der Waals surface area contributed by atoms with Crippen molar-refractivity contribution in [3.63, 3.8) is 0 Å². The molecule has 0 saturated carbocycles. The number of hydrogen-bond donors (Lipinski definition) is 1. The predicted molar refractivity (Wildman–Crippen MR) is 86.3 cm³/mol. The minimum atomic E-state index is 1.10. The van der Waals surface area contributed by atoms with E-state index in [1.165, 1.54) is 50.6 Å². The van der Waals surface area contributed by atoms with Crippen molar-refractivity contribution in [3.05, 3.63) is 42.0 Å². The van der Waals surface area contributed by atoms with E-state index in [1.807, 2.05) is 0 Å². The Morgan fingerprint density at radius 3 is 2.42 bits per heavy atom. The smallest absolute Gasteiger partial charge is 0.00142 e. The first-order valence-electron chi connectivity index (χ1n) is 7.86. The molecule has 0 aliphatic rings. The van der Waals surface area contributed by atoms with Crippen LogP contribution in [0.3, 0.4) is 0 Å². The number of hydrogen-bond acceptors (Lipinski definition) is 1. The van der Waals surface area contributed by atoms with Gasteiger partial charge in [-0.05, 0) is 31.5 Å². The number of benzene rings is 1. The molecule has 0 saturated heterocycles. The summed E-state index contributed by atoms with van der Waals surface area (Å²) in [6, 6.07) is 10.5. The quantitative estimate of drug-likeness (QED) is 0.549. The summed E-state index contributed by atoms with van der Waals surface area (Å²) in [4.78, 5) is 0. The molecule has 0 aliphatic heterocycles. The lowest BCUT2D eigenvalue weighted by Gasteiger charge is -2.02. The van der Waals surface area contributed by atoms with Gasteiger partial charge in [0.1, 0.15) is 0 Å². The van der Waals surface area contributed by atoms with Gasteiger partial charge in [-0.15, -0.1) is 0 Å². The van der Waals surface area contributed by atoms with E-state index < -0.39 is 0 Å². The van der Waals surface area contributed by atoms with Crippen LogP contribution in [-0.4, -0.2) is 13.1 Å². The number of nitrogens with one attached hydrogen (secondary N) is 1. The number of rotatable bonds is 11. The normalized spacial score (nSPS) is 11.2. The van der Waals surface area contributed by atoms with Crippen LogP contribution in [0.15, 0.2) is 36.4 Å². The number of unbranched alkanes of at least 4 members (excludes halogenated alkanes) is 5. The monoisotopic (exact) mass is 259 g/mol. The molecule has 1 heteroatoms. The van der Waals surface area contributed by atoms with Crippen LogP contribution in [0.1, 0.15) is 57.4 Å². The summed E-state index contributed by atoms with van der Waals surface area (Å²) in [7, 11) is 0. The van der Waals surface area contributed by atoms with E-state index in [4.69, 9.17) is 0 Å². The van der Waals surface area contributed by atoms with Crippen molar-refractivity contribution in [1.82, 2.24) is 5.32 Å². The lowest BCUT2D eigenvalue weighted by molar-refractivity contribution is 0.574. The average molecular weight is 259 g/mol. The Bertz CT molecular complexity index is 316. The van der Waals surface area contributed by atoms with Crippen molar-refractivity contribution < 1.29 is 0 Å². The van der Waals surface area contributed by atoms with Crippen LogP contribution >= 0.6 is 0 Å². The van der Waals surface area contributed by atoms with Crippen molar-refractivity contribution in [2.75, 3.05) is 13.1 Å². The van der Waals surface area contributed by atoms with Crippen LogP contribution in [0.25, 0.3) is 6.08 Å². The standard InChI is InChI=1S/C18H29N/c1-2-3-4-5-6-11-16-19-17-12-10-15-18-13-8-7-9-14-18/h7-10,13-15,19H,2-6,11-12,16-17H2,1H3. The molecule has 1 N–H and O–H groups in total. The molecule has 0 heterocycles. The zero-order valence-corrected chi connectivity index (χ0v) is 12.4. The van der Waals surface area contributed by atoms with Crippen molar-refractivity contribution in [3.8, 4) is 0 Å². The highest BCUT2D eigenvalue weighted by molar-refractivity contribution is 5.48. The van der Waals surface area contributed by atoms with Crippen molar-refractivity contribution in [2.24, 2.45) is 0 Å². The molecule has 0 spiro atoms. The van der Waals surface area contributed by atoms with Crippen LogP contribution in [0, 0.1) is 0 Å². The lowest BCUT2D eigenvalue weighted by atomic mass is 10.1. The maximum atomic E-state index is 3.51. The topological polar surface area (TPSA) is 12.0 Å². The van der Waals surface area contributed by atoms with Gasteiger partial charge in [-0.25, -0.2) is 0 Å². The van der Waals surface area contributed by atoms with E-state index in [0.717, 1.165) is 13.0 Å². The van der Waals surface area contributed by atoms with Gasteiger partial charge in [0, 0.05) is 0 Å². The first kappa shape index (κ1) is 16.0. The van der Waals surface area contributed by atoms with Crippen molar-refractivity contribution in [1.29, 1.82) is 0 Å². The van der Waals surface area contributed by atoms with Gasteiger partial charge in [-0.1, -0.05) is 81.5 Å². The summed E-state index contributed by atoms with van der Waals surface area (Å²) in [5.74, 6) is 0. The zero-order valence-electron chi connectivity index (χ0n) is 12.4. The fraction of sp³-hybridized carbons (Fsp3) is 0.556. The highest BCUT2D eigenvalue weighted by atomic mass is 14.8. The van der Waals surface area contributed by atoms with Crippen LogP contribution in [0.2, 0.25) is 0 Å². The first-order chi connectivity index (χ1) is 9.43. The molecule has 1 aromatic rings. The lowest BCUT2D eigenvalue weighted by Crippen LogP contribution is -2.15. The van der Waals surface area contributed by atoms with Gasteiger partial charge < -0.3 is 5.32 Å². The maximum absolute atomic E-state index is 3.51. The molecule has 0 aliphatic carbocycles. The van der Waals surface area contributed by atoms with Crippen LogP contribution in [0.4, 0.5) is 0 Å². The van der Waals surface area contributed by atoms with E-state index in [-0.39, 0.29) is 0 Å². The summed E-state index contributed by atoms with van der Waals surface area (Å²) >= 11 is 0. The van der Waals surface area contributed by atoms with Gasteiger partial charge in [0.2, 0.25) is 0 Å². The van der Waals surface area contributed by atoms with E-state index in [2.05, 4.69) is 54.7 Å². The second-order valence-electron chi connectivity index (χ2n) is 5.12. The molecule has 0 unspecified atom stereocenters. The zero-order chi connectivity index (χ0) is 13.6. The van der Waals surface area contributed by atoms with Gasteiger partial charge in [0.05, 0.1) is 0 Å². The van der Waals surface area contributed by atoms with Gasteiger partial charge in [-0.2, -0.15) is 0 Å². The Morgan fingerprint density at radius 1 is 0.895 bits per heavy atom. The molecular formula is C18H29N. The molecular weight excluding hydrogens is 230 g/mol. The molecule has 1 rings (SSSR count). The van der Waals surface area contributed by atoms with Gasteiger partial charge in [-0.3, -0.25) is 0 Å². The molecule has 0 aromatic heterocycles. The van der Waals surface area contributed by atoms with Crippen molar-refractivity contribution in [2.45, 2.75) is 51.9 Å². The largest absolute Gasteiger partial charge is 0.316 e. The third kappa shape index (κ3) is 9.49. The molecule has 0 fully saturated rings. The summed E-state index contributed by atoms with van der Waals surface area (Å²) in [5, 5.41) is 3.51. The fourth-order valence-electron chi connectivity index (χ4n) is 2.12. The van der Waals surface area contributed by atoms with Crippen LogP contribution < -0.4 is 5.32 Å². The van der Waals surface area contributed by atoms with Crippen LogP contribution in [-0.2, 0) is 0 Å². The highest BCUT2D eigenvalue weighted by Crippen LogP contribution is 2.04. The van der Waals surface area contributed by atoms with Gasteiger partial charge in [0.15, 0.2) is 0 Å². The third-order valence-electron chi connectivity index (χ3n) is 3.30. The van der Waals surface area contributed by atoms with E-state index >= 15 is 0 Å². The van der Waals surface area contributed by atoms with Crippen molar-refractivity contribution >= 4 is 6.08 Å². The van der Waals surface area contributed by atoms with E-state index in [1.54, 1.807) is 0 Å². The molecule has 1 aromatic carbocycles. The van der Waals surface area contributed by atoms with E-state index in [9.17, 15) is 0 Å². The van der Waals surface area contributed by atoms with E-state index in [0.29, 0.717) is 0 Å². The molecule has 19 heavy (non-hydrogen) atoms. The molecule has 106 valence electrons. The SMILES string of the molecule is CCCCCCCCNCCC=Cc1ccccc1. The highest BCUT2D eigenvalue weighted by Gasteiger charge is 1.90. The van der Waals surface area contributed by atoms with Crippen LogP contribution in [0.5, 0.6) is 0 Å². The second kappa shape index (κ2) is 12.0. The Kier molecular flexibility index (Phi) is 10.1. The summed E-state index contributed by atoms with van der Waals surface area (Å²) < 4.78 is 0. The fourth-order valence-corrected chi connectivity index (χ4v) is 2.12. The van der Waals surface area contributed by atoms with Gasteiger partial charge >= 0.3 is 0 Å². The summed E-state index contributed by atoms with van der Waals surface area (Å²) in [6.45, 7) is 4.54. The minimum Gasteiger partial charge on any atom is -0.316 e. The molecule has 1 nitrogen and oxygen atoms in total. The maximum Gasteiger partial charge on any atom is -0.00142 e. The third-order valence-corrected chi connectivity index (χ3v) is 3.30.